The molecule has 0 aromatic carbocycles. The van der Waals surface area contributed by atoms with Gasteiger partial charge in [-0.3, -0.25) is 9.79 Å². The highest BCUT2D eigenvalue weighted by Gasteiger charge is 2.22. The number of piperazine rings is 1. The van der Waals surface area contributed by atoms with Crippen LogP contribution in [0.5, 0.6) is 0 Å². The minimum atomic E-state index is 0.181. The number of nitrogens with one attached hydrogen (secondary N) is 2. The Kier molecular flexibility index (Phi) is 7.88. The molecule has 0 atom stereocenters. The minimum Gasteiger partial charge on any atom is -0.354 e. The second kappa shape index (κ2) is 10.6. The predicted octanol–water partition coefficient (Wildman–Crippen LogP) is 1.49. The van der Waals surface area contributed by atoms with Gasteiger partial charge in [0, 0.05) is 70.7 Å². The summed E-state index contributed by atoms with van der Waals surface area (Å²) in [5, 5.41) is 7.42. The number of anilines is 1. The van der Waals surface area contributed by atoms with E-state index in [0.717, 1.165) is 49.5 Å². The Morgan fingerprint density at radius 1 is 1.18 bits per heavy atom. The van der Waals surface area contributed by atoms with Gasteiger partial charge in [0.1, 0.15) is 5.82 Å². The summed E-state index contributed by atoms with van der Waals surface area (Å²) in [4.78, 5) is 25.6. The number of aryl methyl sites for hydroxylation is 1. The maximum Gasteiger partial charge on any atom is 0.220 e. The maximum atomic E-state index is 12.0. The van der Waals surface area contributed by atoms with Crippen molar-refractivity contribution in [2.24, 2.45) is 10.9 Å². The van der Waals surface area contributed by atoms with Crippen LogP contribution in [0.2, 0.25) is 0 Å². The first-order chi connectivity index (χ1) is 13.7. The summed E-state index contributed by atoms with van der Waals surface area (Å²) in [5.41, 5.74) is 0. The standard InChI is InChI=1S/C19H33N7OS/c1-3-16-23-19(28-24-16)26-12-10-25(11-13-26)18(20-2)22-9-8-21-17(27)14-15-6-4-5-7-15/h15H,3-14H2,1-2H3,(H,20,22)(H,21,27). The molecule has 3 rings (SSSR count). The van der Waals surface area contributed by atoms with Gasteiger partial charge in [-0.25, -0.2) is 4.98 Å². The van der Waals surface area contributed by atoms with Crippen molar-refractivity contribution in [3.05, 3.63) is 5.82 Å². The molecule has 1 saturated carbocycles. The molecular weight excluding hydrogens is 374 g/mol. The number of aromatic nitrogens is 2. The molecule has 2 heterocycles. The number of carbonyl (C=O) groups excluding carboxylic acids is 1. The summed E-state index contributed by atoms with van der Waals surface area (Å²) in [6.45, 7) is 7.03. The summed E-state index contributed by atoms with van der Waals surface area (Å²) in [7, 11) is 1.81. The first kappa shape index (κ1) is 20.8. The third-order valence-electron chi connectivity index (χ3n) is 5.51. The molecule has 1 aliphatic heterocycles. The van der Waals surface area contributed by atoms with Crippen molar-refractivity contribution in [2.45, 2.75) is 45.4 Å². The smallest absolute Gasteiger partial charge is 0.220 e. The van der Waals surface area contributed by atoms with Crippen LogP contribution in [0.25, 0.3) is 0 Å². The Morgan fingerprint density at radius 3 is 2.54 bits per heavy atom. The molecule has 0 unspecified atom stereocenters. The van der Waals surface area contributed by atoms with E-state index < -0.39 is 0 Å². The highest BCUT2D eigenvalue weighted by molar-refractivity contribution is 7.09. The van der Waals surface area contributed by atoms with Gasteiger partial charge in [0.05, 0.1) is 0 Å². The average Bonchev–Trinajstić information content (AvgIpc) is 3.40. The molecule has 9 heteroatoms. The molecule has 1 aromatic rings. The summed E-state index contributed by atoms with van der Waals surface area (Å²) in [5.74, 6) is 2.60. The third kappa shape index (κ3) is 5.80. The molecule has 2 fully saturated rings. The van der Waals surface area contributed by atoms with E-state index in [1.54, 1.807) is 0 Å². The monoisotopic (exact) mass is 407 g/mol. The number of guanidine groups is 1. The molecule has 1 amide bonds. The maximum absolute atomic E-state index is 12.0. The lowest BCUT2D eigenvalue weighted by Gasteiger charge is -2.36. The van der Waals surface area contributed by atoms with Crippen LogP contribution in [0.15, 0.2) is 4.99 Å². The summed E-state index contributed by atoms with van der Waals surface area (Å²) in [6.07, 6.45) is 6.54. The first-order valence-corrected chi connectivity index (χ1v) is 11.3. The number of aliphatic imine (C=N–C) groups is 1. The molecule has 2 aliphatic rings. The molecule has 0 spiro atoms. The molecule has 0 radical (unpaired) electrons. The van der Waals surface area contributed by atoms with Gasteiger partial charge in [-0.1, -0.05) is 19.8 Å². The second-order valence-corrected chi connectivity index (χ2v) is 8.23. The molecule has 2 N–H and O–H groups in total. The van der Waals surface area contributed by atoms with Crippen molar-refractivity contribution in [1.82, 2.24) is 24.9 Å². The lowest BCUT2D eigenvalue weighted by atomic mass is 10.0. The zero-order valence-electron chi connectivity index (χ0n) is 17.1. The summed E-state index contributed by atoms with van der Waals surface area (Å²) in [6, 6.07) is 0. The van der Waals surface area contributed by atoms with E-state index >= 15 is 0 Å². The zero-order chi connectivity index (χ0) is 19.8. The molecule has 8 nitrogen and oxygen atoms in total. The van der Waals surface area contributed by atoms with E-state index in [1.807, 2.05) is 7.05 Å². The van der Waals surface area contributed by atoms with Gasteiger partial charge >= 0.3 is 0 Å². The van der Waals surface area contributed by atoms with Crippen LogP contribution >= 0.6 is 11.5 Å². The van der Waals surface area contributed by atoms with E-state index in [-0.39, 0.29) is 5.91 Å². The van der Waals surface area contributed by atoms with Gasteiger partial charge in [0.25, 0.3) is 0 Å². The lowest BCUT2D eigenvalue weighted by Crippen LogP contribution is -2.53. The Labute approximate surface area is 172 Å². The van der Waals surface area contributed by atoms with Gasteiger partial charge in [-0.2, -0.15) is 4.37 Å². The summed E-state index contributed by atoms with van der Waals surface area (Å²) < 4.78 is 4.38. The Bertz CT molecular complexity index is 648. The van der Waals surface area contributed by atoms with Gasteiger partial charge < -0.3 is 20.4 Å². The number of rotatable bonds is 7. The Hall–Kier alpha value is -1.90. The fraction of sp³-hybridized carbons (Fsp3) is 0.789. The number of hydrogen-bond donors (Lipinski definition) is 2. The number of amides is 1. The highest BCUT2D eigenvalue weighted by atomic mass is 32.1. The zero-order valence-corrected chi connectivity index (χ0v) is 17.9. The van der Waals surface area contributed by atoms with Crippen molar-refractivity contribution in [1.29, 1.82) is 0 Å². The number of nitrogens with zero attached hydrogens (tertiary/aromatic N) is 5. The highest BCUT2D eigenvalue weighted by Crippen LogP contribution is 2.27. The number of hydrogen-bond acceptors (Lipinski definition) is 6. The average molecular weight is 408 g/mol. The fourth-order valence-corrected chi connectivity index (χ4v) is 4.68. The van der Waals surface area contributed by atoms with Crippen LogP contribution < -0.4 is 15.5 Å². The van der Waals surface area contributed by atoms with E-state index in [0.29, 0.717) is 25.4 Å². The van der Waals surface area contributed by atoms with Gasteiger partial charge in [0.2, 0.25) is 11.0 Å². The van der Waals surface area contributed by atoms with Crippen molar-refractivity contribution < 1.29 is 4.79 Å². The molecule has 28 heavy (non-hydrogen) atoms. The van der Waals surface area contributed by atoms with Gasteiger partial charge in [-0.05, 0) is 18.8 Å². The van der Waals surface area contributed by atoms with Crippen LogP contribution in [0.1, 0.15) is 44.9 Å². The quantitative estimate of drug-likeness (QED) is 0.405. The van der Waals surface area contributed by atoms with Gasteiger partial charge in [-0.15, -0.1) is 0 Å². The number of carbonyl (C=O) groups is 1. The van der Waals surface area contributed by atoms with Crippen LogP contribution in [0, 0.1) is 5.92 Å². The molecule has 1 saturated heterocycles. The van der Waals surface area contributed by atoms with Crippen LogP contribution in [0.3, 0.4) is 0 Å². The predicted molar refractivity (Wildman–Crippen MR) is 114 cm³/mol. The van der Waals surface area contributed by atoms with E-state index in [4.69, 9.17) is 0 Å². The van der Waals surface area contributed by atoms with Crippen LogP contribution in [-0.2, 0) is 11.2 Å². The minimum absolute atomic E-state index is 0.181. The SMILES string of the molecule is CCc1nsc(N2CCN(C(=NC)NCCNC(=O)CC3CCCC3)CC2)n1. The van der Waals surface area contributed by atoms with Crippen molar-refractivity contribution >= 4 is 28.5 Å². The Morgan fingerprint density at radius 2 is 1.89 bits per heavy atom. The summed E-state index contributed by atoms with van der Waals surface area (Å²) >= 11 is 1.49. The third-order valence-corrected chi connectivity index (χ3v) is 6.33. The molecule has 156 valence electrons. The van der Waals surface area contributed by atoms with E-state index in [9.17, 15) is 4.79 Å². The fourth-order valence-electron chi connectivity index (χ4n) is 3.88. The Balaban J connectivity index is 1.34. The molecule has 1 aromatic heterocycles. The van der Waals surface area contributed by atoms with Crippen molar-refractivity contribution in [2.75, 3.05) is 51.2 Å². The normalized spacial score (nSPS) is 18.6. The molecule has 0 bridgehead atoms. The molecular formula is C19H33N7OS. The topological polar surface area (TPSA) is 85.8 Å². The molecule has 1 aliphatic carbocycles. The first-order valence-electron chi connectivity index (χ1n) is 10.5. The van der Waals surface area contributed by atoms with Crippen molar-refractivity contribution in [3.63, 3.8) is 0 Å². The largest absolute Gasteiger partial charge is 0.354 e. The van der Waals surface area contributed by atoms with Crippen LogP contribution in [-0.4, -0.2) is 72.4 Å². The van der Waals surface area contributed by atoms with Crippen molar-refractivity contribution in [3.8, 4) is 0 Å². The van der Waals surface area contributed by atoms with E-state index in [1.165, 1.54) is 37.2 Å². The van der Waals surface area contributed by atoms with Gasteiger partial charge in [0.15, 0.2) is 5.96 Å². The second-order valence-electron chi connectivity index (χ2n) is 7.50. The van der Waals surface area contributed by atoms with E-state index in [2.05, 4.69) is 41.7 Å². The van der Waals surface area contributed by atoms with Crippen LogP contribution in [0.4, 0.5) is 5.13 Å². The lowest BCUT2D eigenvalue weighted by molar-refractivity contribution is -0.121.